The van der Waals surface area contributed by atoms with Gasteiger partial charge < -0.3 is 29.9 Å². The molecule has 0 radical (unpaired) electrons. The molecule has 2 heterocycles. The predicted octanol–water partition coefficient (Wildman–Crippen LogP) is 2.04. The van der Waals surface area contributed by atoms with Crippen molar-refractivity contribution in [3.05, 3.63) is 104 Å². The summed E-state index contributed by atoms with van der Waals surface area (Å²) in [6, 6.07) is 18.8. The zero-order valence-electron chi connectivity index (χ0n) is 25.4. The van der Waals surface area contributed by atoms with Crippen molar-refractivity contribution in [2.75, 3.05) is 10.6 Å². The molecule has 0 amide bonds. The summed E-state index contributed by atoms with van der Waals surface area (Å²) in [4.78, 5) is 8.97. The molecule has 0 unspecified atom stereocenters. The smallest absolute Gasteiger partial charge is 0.744 e. The second-order valence-electron chi connectivity index (χ2n) is 9.98. The van der Waals surface area contributed by atoms with Gasteiger partial charge in [-0.05, 0) is 60.7 Å². The Labute approximate surface area is 352 Å². The molecule has 0 saturated heterocycles. The molecule has 5 aromatic carbocycles. The maximum atomic E-state index is 12.3. The number of fused-ring (bicyclic) bond motifs is 4. The number of anilines is 4. The molecule has 20 heteroatoms. The van der Waals surface area contributed by atoms with Crippen LogP contribution in [0.25, 0.3) is 0 Å². The zero-order valence-corrected chi connectivity index (χ0v) is 34.1. The summed E-state index contributed by atoms with van der Waals surface area (Å²) in [6.07, 6.45) is 0. The van der Waals surface area contributed by atoms with Gasteiger partial charge >= 0.3 is 59.1 Å². The van der Waals surface area contributed by atoms with E-state index in [1.54, 1.807) is 60.7 Å². The van der Waals surface area contributed by atoms with Crippen LogP contribution in [0.5, 0.6) is 23.0 Å². The van der Waals surface area contributed by atoms with E-state index in [0.717, 1.165) is 6.07 Å². The summed E-state index contributed by atoms with van der Waals surface area (Å²) in [5.41, 5.74) is 1.80. The number of nitrogens with zero attached hydrogens (tertiary/aromatic N) is 2. The van der Waals surface area contributed by atoms with Crippen molar-refractivity contribution in [3.8, 4) is 23.0 Å². The van der Waals surface area contributed by atoms with Crippen molar-refractivity contribution in [1.82, 2.24) is 0 Å². The molecule has 2 N–H and O–H groups in total. The quantitative estimate of drug-likeness (QED) is 0.0759. The van der Waals surface area contributed by atoms with Gasteiger partial charge in [0.2, 0.25) is 0 Å². The van der Waals surface area contributed by atoms with Gasteiger partial charge in [-0.3, -0.25) is 5.04 Å². The Morgan fingerprint density at radius 3 is 1.64 bits per heavy atom. The van der Waals surface area contributed by atoms with E-state index in [2.05, 4.69) is 30.0 Å². The molecule has 0 fully saturated rings. The van der Waals surface area contributed by atoms with Gasteiger partial charge in [0.1, 0.15) is 42.3 Å². The van der Waals surface area contributed by atoms with E-state index in [1.165, 1.54) is 6.07 Å². The fraction of sp³-hybridized carbons (Fsp3) is 0. The Bertz CT molecular complexity index is 2380. The number of ether oxygens (including phenoxy) is 2. The molecule has 0 saturated carbocycles. The molecule has 0 aromatic heterocycles. The van der Waals surface area contributed by atoms with Gasteiger partial charge in [0, 0.05) is 33.6 Å². The van der Waals surface area contributed by atoms with E-state index in [4.69, 9.17) is 55.9 Å². The fourth-order valence-corrected chi connectivity index (χ4v) is 6.67. The fourth-order valence-electron chi connectivity index (χ4n) is 4.80. The Morgan fingerprint density at radius 2 is 1.16 bits per heavy atom. The summed E-state index contributed by atoms with van der Waals surface area (Å²) in [5.74, 6) is 0.378. The van der Waals surface area contributed by atoms with E-state index in [0.29, 0.717) is 49.7 Å². The van der Waals surface area contributed by atoms with Crippen molar-refractivity contribution in [1.29, 1.82) is 0 Å². The average Bonchev–Trinajstić information content (AvgIpc) is 3.06. The first-order chi connectivity index (χ1) is 23.0. The van der Waals surface area contributed by atoms with Crippen LogP contribution in [0.1, 0.15) is 0 Å². The van der Waals surface area contributed by atoms with Gasteiger partial charge in [0.25, 0.3) is 0 Å². The van der Waals surface area contributed by atoms with E-state index in [9.17, 15) is 18.2 Å². The molecular formula is C30H14Cl4N4Na2O8S2. The van der Waals surface area contributed by atoms with Crippen LogP contribution in [0.15, 0.2) is 92.6 Å². The Balaban J connectivity index is 0.00000243. The first-order valence-corrected chi connectivity index (χ1v) is 17.0. The monoisotopic (exact) mass is 808 g/mol. The van der Waals surface area contributed by atoms with Gasteiger partial charge in [-0.1, -0.05) is 46.4 Å². The topological polar surface area (TPSA) is 166 Å². The Hall–Kier alpha value is -1.80. The van der Waals surface area contributed by atoms with E-state index < -0.39 is 15.0 Å². The molecule has 2 aliphatic heterocycles. The second-order valence-corrected chi connectivity index (χ2v) is 13.7. The van der Waals surface area contributed by atoms with Gasteiger partial charge in [0.15, 0.2) is 23.0 Å². The third kappa shape index (κ3) is 8.06. The van der Waals surface area contributed by atoms with Crippen LogP contribution in [-0.2, 0) is 19.5 Å². The molecule has 0 aliphatic carbocycles. The van der Waals surface area contributed by atoms with Gasteiger partial charge in [-0.15, -0.1) is 0 Å². The first kappa shape index (κ1) is 39.4. The van der Waals surface area contributed by atoms with Crippen molar-refractivity contribution >= 4 is 103 Å². The zero-order chi connectivity index (χ0) is 33.7. The summed E-state index contributed by atoms with van der Waals surface area (Å²) in [7, 11) is -4.98. The summed E-state index contributed by atoms with van der Waals surface area (Å²) in [6.45, 7) is 0. The largest absolute Gasteiger partial charge is 1.00 e. The van der Waals surface area contributed by atoms with Gasteiger partial charge in [-0.25, -0.2) is 18.4 Å². The van der Waals surface area contributed by atoms with Gasteiger partial charge in [0.05, 0.1) is 33.2 Å². The van der Waals surface area contributed by atoms with E-state index in [1.807, 2.05) is 0 Å². The number of hydrogen-bond acceptors (Lipinski definition) is 13. The molecule has 0 atom stereocenters. The molecular weight excluding hydrogens is 796 g/mol. The van der Waals surface area contributed by atoms with E-state index >= 15 is 0 Å². The van der Waals surface area contributed by atoms with Crippen LogP contribution in [0, 0.1) is 0 Å². The molecule has 12 nitrogen and oxygen atoms in total. The van der Waals surface area contributed by atoms with E-state index in [-0.39, 0.29) is 114 Å². The van der Waals surface area contributed by atoms with Crippen molar-refractivity contribution < 1.29 is 96.2 Å². The van der Waals surface area contributed by atoms with Crippen LogP contribution >= 0.6 is 58.4 Å². The minimum absolute atomic E-state index is 0. The number of halogens is 4. The predicted molar refractivity (Wildman–Crippen MR) is 177 cm³/mol. The van der Waals surface area contributed by atoms with Crippen LogP contribution in [0.3, 0.4) is 0 Å². The standard InChI is InChI=1S/C30H16Cl4N4O8S2.2Na/c31-13-1-5-15(6-2-13)35-19-9-21-17(11-23(19)47-46-45-39)37-27-25(33)30-28(26(34)29(27)43-21)38-18-12-24(48(40,41)42)20(10-22(18)44-30)36-16-7-3-14(32)4-8-16;;/h1-12,35-36,39H,(H,40,41,42);;/q;2*+1/p-2. The maximum Gasteiger partial charge on any atom is 1.00 e. The van der Waals surface area contributed by atoms with Crippen molar-refractivity contribution in [2.45, 2.75) is 9.79 Å². The Kier molecular flexibility index (Phi) is 12.7. The van der Waals surface area contributed by atoms with Crippen molar-refractivity contribution in [3.63, 3.8) is 0 Å². The molecule has 5 aromatic rings. The third-order valence-corrected chi connectivity index (χ3v) is 9.65. The SMILES string of the molecule is O=S(=O)([O-])c1cc2c(cc1Nc1ccc(Cl)cc1)Oc1c(Cl)c3c(c(Cl)c1=N2)Oc1cc(Nc2ccc(Cl)cc2)c(SOO[O-])cc1N=3.[Na+].[Na+]. The minimum Gasteiger partial charge on any atom is -0.744 e. The molecule has 244 valence electrons. The summed E-state index contributed by atoms with van der Waals surface area (Å²) < 4.78 is 53.7. The molecule has 0 spiro atoms. The van der Waals surface area contributed by atoms with Crippen molar-refractivity contribution in [2.24, 2.45) is 9.98 Å². The Morgan fingerprint density at radius 1 is 0.700 bits per heavy atom. The van der Waals surface area contributed by atoms with Crippen LogP contribution in [0.2, 0.25) is 20.1 Å². The number of benzene rings is 5. The molecule has 0 bridgehead atoms. The normalized spacial score (nSPS) is 12.1. The number of nitrogens with one attached hydrogen (secondary N) is 2. The number of hydrogen-bond donors (Lipinski definition) is 2. The average molecular weight is 810 g/mol. The van der Waals surface area contributed by atoms with Crippen LogP contribution in [-0.4, -0.2) is 13.0 Å². The van der Waals surface area contributed by atoms with Crippen LogP contribution < -0.4 is 95.2 Å². The minimum atomic E-state index is -4.98. The molecule has 50 heavy (non-hydrogen) atoms. The molecule has 2 aliphatic rings. The van der Waals surface area contributed by atoms with Crippen LogP contribution in [0.4, 0.5) is 34.1 Å². The summed E-state index contributed by atoms with van der Waals surface area (Å²) in [5, 5.41) is 21.3. The maximum absolute atomic E-state index is 12.3. The summed E-state index contributed by atoms with van der Waals surface area (Å²) >= 11 is 26.2. The number of rotatable bonds is 8. The van der Waals surface area contributed by atoms with Gasteiger partial charge in [-0.2, -0.15) is 4.33 Å². The first-order valence-electron chi connectivity index (χ1n) is 13.3. The third-order valence-electron chi connectivity index (χ3n) is 6.92. The molecule has 7 rings (SSSR count). The second kappa shape index (κ2) is 16.1.